The molecule has 1 aliphatic carbocycles. The first-order chi connectivity index (χ1) is 16.7. The van der Waals surface area contributed by atoms with Gasteiger partial charge in [0, 0.05) is 23.9 Å². The predicted molar refractivity (Wildman–Crippen MR) is 135 cm³/mol. The number of piperidine rings is 1. The number of nitrogens with one attached hydrogen (secondary N) is 1. The number of nitrogens with zero attached hydrogens (tertiary/aromatic N) is 1. The van der Waals surface area contributed by atoms with Gasteiger partial charge in [0.25, 0.3) is 0 Å². The number of ether oxygens (including phenoxy) is 1. The molecule has 0 aromatic heterocycles. The Kier molecular flexibility index (Phi) is 7.20. The molecule has 2 aromatic rings. The molecule has 2 fully saturated rings. The molecule has 0 spiro atoms. The van der Waals surface area contributed by atoms with Crippen LogP contribution in [-0.2, 0) is 16.6 Å². The van der Waals surface area contributed by atoms with Gasteiger partial charge in [0.05, 0.1) is 12.7 Å². The van der Waals surface area contributed by atoms with Gasteiger partial charge in [0.1, 0.15) is 5.75 Å². The Bertz CT molecular complexity index is 1080. The Morgan fingerprint density at radius 2 is 1.94 bits per heavy atom. The van der Waals surface area contributed by atoms with E-state index >= 15 is 0 Å². The zero-order chi connectivity index (χ0) is 25.2. The second kappa shape index (κ2) is 9.99. The van der Waals surface area contributed by atoms with Crippen LogP contribution in [0, 0.1) is 12.8 Å². The fourth-order valence-electron chi connectivity index (χ4n) is 6.48. The number of urea groups is 1. The number of hydrogen-bond acceptors (Lipinski definition) is 5. The summed E-state index contributed by atoms with van der Waals surface area (Å²) in [5, 5.41) is 14.8. The molecule has 35 heavy (non-hydrogen) atoms. The van der Waals surface area contributed by atoms with E-state index < -0.39 is 23.0 Å². The predicted octanol–water partition coefficient (Wildman–Crippen LogP) is 3.30. The first-order valence-electron chi connectivity index (χ1n) is 12.5. The smallest absolute Gasteiger partial charge is 0.318 e. The highest BCUT2D eigenvalue weighted by Gasteiger charge is 2.61. The van der Waals surface area contributed by atoms with E-state index in [0.29, 0.717) is 25.7 Å². The zero-order valence-electron chi connectivity index (χ0n) is 20.9. The summed E-state index contributed by atoms with van der Waals surface area (Å²) in [6.07, 6.45) is 3.03. The van der Waals surface area contributed by atoms with Gasteiger partial charge in [0.15, 0.2) is 0 Å². The van der Waals surface area contributed by atoms with Crippen molar-refractivity contribution in [1.82, 2.24) is 10.2 Å². The number of aryl methyl sites for hydroxylation is 1. The van der Waals surface area contributed by atoms with Crippen LogP contribution in [0.2, 0.25) is 0 Å². The summed E-state index contributed by atoms with van der Waals surface area (Å²) in [6.45, 7) is 5.81. The number of rotatable bonds is 6. The average molecular weight is 480 g/mol. The molecule has 4 rings (SSSR count). The highest BCUT2D eigenvalue weighted by molar-refractivity contribution is 5.94. The molecule has 1 saturated heterocycles. The monoisotopic (exact) mass is 479 g/mol. The third-order valence-electron chi connectivity index (χ3n) is 8.47. The minimum absolute atomic E-state index is 0.106. The summed E-state index contributed by atoms with van der Waals surface area (Å²) in [6, 6.07) is 15.4. The summed E-state index contributed by atoms with van der Waals surface area (Å²) >= 11 is 0. The summed E-state index contributed by atoms with van der Waals surface area (Å²) in [7, 11) is 1.64. The minimum atomic E-state index is -1.04. The van der Waals surface area contributed by atoms with Crippen LogP contribution in [0.4, 0.5) is 4.79 Å². The molecule has 0 bridgehead atoms. The maximum Gasteiger partial charge on any atom is 0.318 e. The first-order valence-corrected chi connectivity index (χ1v) is 12.5. The number of hydrogen-bond donors (Lipinski definition) is 3. The van der Waals surface area contributed by atoms with Crippen LogP contribution in [0.3, 0.4) is 0 Å². The van der Waals surface area contributed by atoms with Gasteiger partial charge in [-0.05, 0) is 81.3 Å². The van der Waals surface area contributed by atoms with E-state index in [1.165, 1.54) is 5.56 Å². The molecule has 3 amide bonds. The Morgan fingerprint density at radius 3 is 2.63 bits per heavy atom. The van der Waals surface area contributed by atoms with Gasteiger partial charge in [-0.25, -0.2) is 4.79 Å². The summed E-state index contributed by atoms with van der Waals surface area (Å²) in [4.78, 5) is 26.6. The number of aliphatic hydroxyl groups is 1. The molecule has 3 unspecified atom stereocenters. The number of likely N-dealkylation sites (tertiary alicyclic amines) is 1. The molecule has 1 aliphatic heterocycles. The van der Waals surface area contributed by atoms with E-state index in [-0.39, 0.29) is 11.9 Å². The number of amides is 3. The van der Waals surface area contributed by atoms with E-state index in [1.54, 1.807) is 7.11 Å². The van der Waals surface area contributed by atoms with Crippen molar-refractivity contribution >= 4 is 11.9 Å². The van der Waals surface area contributed by atoms with E-state index in [9.17, 15) is 14.7 Å². The molecule has 2 aliphatic rings. The van der Waals surface area contributed by atoms with Crippen molar-refractivity contribution in [2.24, 2.45) is 11.7 Å². The number of nitrogens with two attached hydrogens (primary N) is 1. The van der Waals surface area contributed by atoms with Gasteiger partial charge >= 0.3 is 6.03 Å². The molecule has 188 valence electrons. The second-order valence-electron chi connectivity index (χ2n) is 10.2. The van der Waals surface area contributed by atoms with Crippen molar-refractivity contribution < 1.29 is 19.4 Å². The quantitative estimate of drug-likeness (QED) is 0.590. The SMILES string of the molecule is COc1ccc(C)c([C@]23CCN(CCc4ccccc4)C(C)C2(O)CCC(C(=O)NC(N)=O)C3)c1. The summed E-state index contributed by atoms with van der Waals surface area (Å²) in [5.41, 5.74) is 6.91. The Hall–Kier alpha value is -2.90. The van der Waals surface area contributed by atoms with Gasteiger partial charge in [-0.2, -0.15) is 0 Å². The van der Waals surface area contributed by atoms with Crippen LogP contribution < -0.4 is 15.8 Å². The third-order valence-corrected chi connectivity index (χ3v) is 8.47. The second-order valence-corrected chi connectivity index (χ2v) is 10.2. The average Bonchev–Trinajstić information content (AvgIpc) is 2.84. The molecule has 1 heterocycles. The lowest BCUT2D eigenvalue weighted by atomic mass is 9.51. The number of methoxy groups -OCH3 is 1. The van der Waals surface area contributed by atoms with Crippen molar-refractivity contribution in [1.29, 1.82) is 0 Å². The molecule has 7 nitrogen and oxygen atoms in total. The molecular weight excluding hydrogens is 442 g/mol. The van der Waals surface area contributed by atoms with Gasteiger partial charge in [0.2, 0.25) is 5.91 Å². The molecule has 2 aromatic carbocycles. The van der Waals surface area contributed by atoms with Crippen LogP contribution in [-0.4, -0.2) is 53.8 Å². The number of primary amides is 1. The molecule has 4 atom stereocenters. The Balaban J connectivity index is 1.69. The molecule has 7 heteroatoms. The van der Waals surface area contributed by atoms with Crippen molar-refractivity contribution in [3.05, 3.63) is 65.2 Å². The van der Waals surface area contributed by atoms with Gasteiger partial charge < -0.3 is 15.6 Å². The fraction of sp³-hybridized carbons (Fsp3) is 0.500. The minimum Gasteiger partial charge on any atom is -0.497 e. The van der Waals surface area contributed by atoms with Crippen molar-refractivity contribution in [3.63, 3.8) is 0 Å². The van der Waals surface area contributed by atoms with E-state index in [0.717, 1.165) is 36.4 Å². The largest absolute Gasteiger partial charge is 0.497 e. The van der Waals surface area contributed by atoms with Crippen LogP contribution in [0.1, 0.15) is 49.3 Å². The molecule has 0 radical (unpaired) electrons. The van der Waals surface area contributed by atoms with Gasteiger partial charge in [-0.1, -0.05) is 36.4 Å². The molecular formula is C28H37N3O4. The van der Waals surface area contributed by atoms with Crippen molar-refractivity contribution in [2.75, 3.05) is 20.2 Å². The van der Waals surface area contributed by atoms with Crippen LogP contribution in [0.15, 0.2) is 48.5 Å². The van der Waals surface area contributed by atoms with Gasteiger partial charge in [-0.3, -0.25) is 15.0 Å². The number of imide groups is 1. The molecule has 4 N–H and O–H groups in total. The number of carbonyl (C=O) groups is 2. The standard InChI is InChI=1S/C28H37N3O4/c1-19-9-10-23(35-3)17-24(19)27-14-16-31(15-12-21-7-5-4-6-8-21)20(2)28(27,34)13-11-22(18-27)25(32)30-26(29)33/h4-10,17,20,22,34H,11-16,18H2,1-3H3,(H3,29,30,32,33)/t20?,22?,27-,28?/m1/s1. The molecule has 1 saturated carbocycles. The number of fused-ring (bicyclic) bond motifs is 1. The van der Waals surface area contributed by atoms with E-state index in [1.807, 2.05) is 31.2 Å². The van der Waals surface area contributed by atoms with E-state index in [4.69, 9.17) is 10.5 Å². The fourth-order valence-corrected chi connectivity index (χ4v) is 6.48. The number of carbonyl (C=O) groups excluding carboxylic acids is 2. The zero-order valence-corrected chi connectivity index (χ0v) is 20.9. The maximum atomic E-state index is 12.8. The normalized spacial score (nSPS) is 28.7. The Labute approximate surface area is 207 Å². The lowest BCUT2D eigenvalue weighted by Gasteiger charge is -2.61. The van der Waals surface area contributed by atoms with Crippen molar-refractivity contribution in [2.45, 2.75) is 63.0 Å². The van der Waals surface area contributed by atoms with Crippen LogP contribution in [0.5, 0.6) is 5.75 Å². The highest BCUT2D eigenvalue weighted by Crippen LogP contribution is 2.56. The topological polar surface area (TPSA) is 105 Å². The summed E-state index contributed by atoms with van der Waals surface area (Å²) < 4.78 is 5.54. The maximum absolute atomic E-state index is 12.8. The van der Waals surface area contributed by atoms with Crippen LogP contribution >= 0.6 is 0 Å². The lowest BCUT2D eigenvalue weighted by Crippen LogP contribution is -2.70. The highest BCUT2D eigenvalue weighted by atomic mass is 16.5. The van der Waals surface area contributed by atoms with Crippen LogP contribution in [0.25, 0.3) is 0 Å². The number of benzene rings is 2. The summed E-state index contributed by atoms with van der Waals surface area (Å²) in [5.74, 6) is -0.0414. The van der Waals surface area contributed by atoms with Gasteiger partial charge in [-0.15, -0.1) is 0 Å². The van der Waals surface area contributed by atoms with E-state index in [2.05, 4.69) is 41.4 Å². The third kappa shape index (κ3) is 4.67. The first kappa shape index (κ1) is 25.2. The van der Waals surface area contributed by atoms with Crippen molar-refractivity contribution in [3.8, 4) is 5.75 Å². The lowest BCUT2D eigenvalue weighted by molar-refractivity contribution is -0.166. The Morgan fingerprint density at radius 1 is 1.20 bits per heavy atom.